The Balaban J connectivity index is 2.45. The van der Waals surface area contributed by atoms with E-state index >= 15 is 0 Å². The Labute approximate surface area is 114 Å². The van der Waals surface area contributed by atoms with Crippen LogP contribution in [0.3, 0.4) is 0 Å². The van der Waals surface area contributed by atoms with Crippen molar-refractivity contribution in [1.82, 2.24) is 5.32 Å². The van der Waals surface area contributed by atoms with Crippen LogP contribution in [0.2, 0.25) is 0 Å². The van der Waals surface area contributed by atoms with E-state index in [4.69, 9.17) is 4.42 Å². The quantitative estimate of drug-likeness (QED) is 0.921. The smallest absolute Gasteiger partial charge is 0.129 e. The van der Waals surface area contributed by atoms with E-state index in [0.717, 1.165) is 22.4 Å². The normalized spacial score (nSPS) is 12.7. The molecule has 0 radical (unpaired) electrons. The van der Waals surface area contributed by atoms with Gasteiger partial charge in [0.1, 0.15) is 17.3 Å². The highest BCUT2D eigenvalue weighted by molar-refractivity contribution is 9.10. The Morgan fingerprint density at radius 3 is 2.67 bits per heavy atom. The van der Waals surface area contributed by atoms with Crippen molar-refractivity contribution in [3.05, 3.63) is 57.7 Å². The van der Waals surface area contributed by atoms with Gasteiger partial charge in [-0.2, -0.15) is 0 Å². The van der Waals surface area contributed by atoms with E-state index in [1.807, 2.05) is 25.1 Å². The fourth-order valence-corrected chi connectivity index (χ4v) is 2.53. The summed E-state index contributed by atoms with van der Waals surface area (Å²) in [5, 5.41) is 3.09. The first kappa shape index (κ1) is 13.3. The van der Waals surface area contributed by atoms with Crippen LogP contribution in [0.25, 0.3) is 0 Å². The largest absolute Gasteiger partial charge is 0.464 e. The molecular weight excluding hydrogens is 297 g/mol. The van der Waals surface area contributed by atoms with Crippen LogP contribution in [0.15, 0.2) is 39.2 Å². The zero-order valence-corrected chi connectivity index (χ0v) is 11.9. The lowest BCUT2D eigenvalue weighted by Crippen LogP contribution is -2.19. The lowest BCUT2D eigenvalue weighted by Gasteiger charge is -2.16. The van der Waals surface area contributed by atoms with Gasteiger partial charge in [0.15, 0.2) is 0 Å². The zero-order chi connectivity index (χ0) is 13.1. The van der Waals surface area contributed by atoms with Crippen LogP contribution in [0.4, 0.5) is 4.39 Å². The van der Waals surface area contributed by atoms with E-state index < -0.39 is 0 Å². The zero-order valence-electron chi connectivity index (χ0n) is 10.3. The fraction of sp³-hybridized carbons (Fsp3) is 0.286. The first-order valence-electron chi connectivity index (χ1n) is 5.87. The van der Waals surface area contributed by atoms with Gasteiger partial charge in [0.2, 0.25) is 0 Å². The van der Waals surface area contributed by atoms with Crippen molar-refractivity contribution in [2.75, 3.05) is 7.05 Å². The van der Waals surface area contributed by atoms with Crippen molar-refractivity contribution in [2.45, 2.75) is 19.4 Å². The van der Waals surface area contributed by atoms with Crippen molar-refractivity contribution in [3.8, 4) is 0 Å². The predicted molar refractivity (Wildman–Crippen MR) is 73.1 cm³/mol. The molecule has 1 N–H and O–H groups in total. The maximum absolute atomic E-state index is 14.0. The molecule has 0 bridgehead atoms. The van der Waals surface area contributed by atoms with E-state index in [9.17, 15) is 4.39 Å². The predicted octanol–water partition coefficient (Wildman–Crippen LogP) is 4.05. The summed E-state index contributed by atoms with van der Waals surface area (Å²) in [6.45, 7) is 2.02. The molecule has 0 aliphatic carbocycles. The molecule has 1 aromatic carbocycles. The highest BCUT2D eigenvalue weighted by Gasteiger charge is 2.21. The highest BCUT2D eigenvalue weighted by atomic mass is 79.9. The van der Waals surface area contributed by atoms with Gasteiger partial charge < -0.3 is 9.73 Å². The second-order valence-electron chi connectivity index (χ2n) is 4.01. The van der Waals surface area contributed by atoms with Gasteiger partial charge in [-0.25, -0.2) is 4.39 Å². The van der Waals surface area contributed by atoms with Gasteiger partial charge in [-0.15, -0.1) is 0 Å². The third-order valence-electron chi connectivity index (χ3n) is 2.89. The summed E-state index contributed by atoms with van der Waals surface area (Å²) in [7, 11) is 1.79. The Morgan fingerprint density at radius 2 is 2.11 bits per heavy atom. The maximum Gasteiger partial charge on any atom is 0.129 e. The lowest BCUT2D eigenvalue weighted by molar-refractivity contribution is 0.426. The number of halogens is 2. The standard InChI is InChI=1S/C14H15BrFNO/c1-3-9-7-8-12(18-9)14(17-2)13-10(15)5-4-6-11(13)16/h4-8,14,17H,3H2,1-2H3. The summed E-state index contributed by atoms with van der Waals surface area (Å²) in [4.78, 5) is 0. The minimum absolute atomic E-state index is 0.252. The summed E-state index contributed by atoms with van der Waals surface area (Å²) in [5.41, 5.74) is 0.567. The molecule has 0 fully saturated rings. The van der Waals surface area contributed by atoms with Gasteiger partial charge in [0, 0.05) is 16.5 Å². The molecule has 0 aliphatic rings. The topological polar surface area (TPSA) is 25.2 Å². The van der Waals surface area contributed by atoms with Crippen LogP contribution in [0, 0.1) is 5.82 Å². The van der Waals surface area contributed by atoms with Crippen LogP contribution < -0.4 is 5.32 Å². The molecule has 18 heavy (non-hydrogen) atoms. The average molecular weight is 312 g/mol. The third kappa shape index (κ3) is 2.49. The molecule has 0 saturated carbocycles. The molecule has 0 amide bonds. The number of furan rings is 1. The Hall–Kier alpha value is -1.13. The number of aryl methyl sites for hydroxylation is 1. The second kappa shape index (κ2) is 5.67. The van der Waals surface area contributed by atoms with Gasteiger partial charge in [0.25, 0.3) is 0 Å². The molecule has 0 aliphatic heterocycles. The van der Waals surface area contributed by atoms with Crippen LogP contribution >= 0.6 is 15.9 Å². The summed E-state index contributed by atoms with van der Waals surface area (Å²) in [6.07, 6.45) is 0.828. The van der Waals surface area contributed by atoms with E-state index in [0.29, 0.717) is 5.56 Å². The molecular formula is C14H15BrFNO. The Bertz CT molecular complexity index is 518. The fourth-order valence-electron chi connectivity index (χ4n) is 1.96. The van der Waals surface area contributed by atoms with Gasteiger partial charge in [0.05, 0.1) is 6.04 Å². The second-order valence-corrected chi connectivity index (χ2v) is 4.87. The van der Waals surface area contributed by atoms with Gasteiger partial charge in [-0.05, 0) is 31.3 Å². The molecule has 96 valence electrons. The SMILES string of the molecule is CCc1ccc(C(NC)c2c(F)cccc2Br)o1. The van der Waals surface area contributed by atoms with Gasteiger partial charge in [-0.3, -0.25) is 0 Å². The van der Waals surface area contributed by atoms with Crippen LogP contribution in [0.1, 0.15) is 30.0 Å². The van der Waals surface area contributed by atoms with E-state index in [1.54, 1.807) is 13.1 Å². The molecule has 2 rings (SSSR count). The molecule has 1 aromatic heterocycles. The first-order chi connectivity index (χ1) is 8.67. The number of hydrogen-bond donors (Lipinski definition) is 1. The molecule has 0 spiro atoms. The van der Waals surface area contributed by atoms with Crippen molar-refractivity contribution >= 4 is 15.9 Å². The molecule has 1 heterocycles. The third-order valence-corrected chi connectivity index (χ3v) is 3.58. The minimum atomic E-state index is -0.291. The van der Waals surface area contributed by atoms with Crippen LogP contribution in [0.5, 0.6) is 0 Å². The minimum Gasteiger partial charge on any atom is -0.464 e. The van der Waals surface area contributed by atoms with E-state index in [-0.39, 0.29) is 11.9 Å². The Morgan fingerprint density at radius 1 is 1.33 bits per heavy atom. The molecule has 1 atom stereocenters. The lowest BCUT2D eigenvalue weighted by atomic mass is 10.0. The molecule has 4 heteroatoms. The monoisotopic (exact) mass is 311 g/mol. The van der Waals surface area contributed by atoms with E-state index in [2.05, 4.69) is 21.2 Å². The summed E-state index contributed by atoms with van der Waals surface area (Å²) >= 11 is 3.39. The van der Waals surface area contributed by atoms with Crippen molar-refractivity contribution in [3.63, 3.8) is 0 Å². The maximum atomic E-state index is 14.0. The highest BCUT2D eigenvalue weighted by Crippen LogP contribution is 2.31. The number of rotatable bonds is 4. The molecule has 1 unspecified atom stereocenters. The van der Waals surface area contributed by atoms with Gasteiger partial charge in [-0.1, -0.05) is 28.9 Å². The molecule has 0 saturated heterocycles. The first-order valence-corrected chi connectivity index (χ1v) is 6.66. The average Bonchev–Trinajstić information content (AvgIpc) is 2.82. The summed E-state index contributed by atoms with van der Waals surface area (Å²) in [6, 6.07) is 8.48. The Kier molecular flexibility index (Phi) is 4.19. The number of nitrogens with one attached hydrogen (secondary N) is 1. The van der Waals surface area contributed by atoms with Gasteiger partial charge >= 0.3 is 0 Å². The molecule has 2 nitrogen and oxygen atoms in total. The van der Waals surface area contributed by atoms with E-state index in [1.165, 1.54) is 6.07 Å². The van der Waals surface area contributed by atoms with Crippen LogP contribution in [-0.2, 0) is 6.42 Å². The molecule has 2 aromatic rings. The van der Waals surface area contributed by atoms with Crippen LogP contribution in [-0.4, -0.2) is 7.05 Å². The number of hydrogen-bond acceptors (Lipinski definition) is 2. The van der Waals surface area contributed by atoms with Crippen molar-refractivity contribution in [2.24, 2.45) is 0 Å². The summed E-state index contributed by atoms with van der Waals surface area (Å²) in [5.74, 6) is 1.37. The van der Waals surface area contributed by atoms with Crippen molar-refractivity contribution < 1.29 is 8.81 Å². The summed E-state index contributed by atoms with van der Waals surface area (Å²) < 4.78 is 20.4. The number of benzene rings is 1. The van der Waals surface area contributed by atoms with Crippen molar-refractivity contribution in [1.29, 1.82) is 0 Å².